The van der Waals surface area contributed by atoms with Gasteiger partial charge in [0.15, 0.2) is 0 Å². The smallest absolute Gasteiger partial charge is 0.610 e. The molecule has 2 nitrogen and oxygen atoms in total. The third-order valence-corrected chi connectivity index (χ3v) is 6.52. The van der Waals surface area contributed by atoms with Crippen LogP contribution in [-0.4, -0.2) is 14.8 Å². The van der Waals surface area contributed by atoms with Crippen LogP contribution in [0.15, 0.2) is 36.4 Å². The van der Waals surface area contributed by atoms with Crippen LogP contribution >= 0.6 is 46.4 Å². The first-order chi connectivity index (χ1) is 10.9. The second-order valence-electron chi connectivity index (χ2n) is 5.40. The molecule has 122 valence electrons. The molecule has 2 aromatic rings. The monoisotopic (exact) mass is 406 g/mol. The lowest BCUT2D eigenvalue weighted by molar-refractivity contribution is 0.410. The molecule has 0 aromatic heterocycles. The lowest BCUT2D eigenvalue weighted by atomic mass is 10.3. The molecular formula is C16H15AlCl4O2. The van der Waals surface area contributed by atoms with Crippen molar-refractivity contribution in [3.8, 4) is 11.5 Å². The predicted octanol–water partition coefficient (Wildman–Crippen LogP) is 6.90. The van der Waals surface area contributed by atoms with E-state index in [0.29, 0.717) is 37.5 Å². The highest BCUT2D eigenvalue weighted by molar-refractivity contribution is 6.48. The number of benzene rings is 2. The van der Waals surface area contributed by atoms with Crippen LogP contribution in [0.4, 0.5) is 0 Å². The van der Waals surface area contributed by atoms with Crippen molar-refractivity contribution in [3.05, 3.63) is 56.5 Å². The lowest BCUT2D eigenvalue weighted by Gasteiger charge is -2.20. The maximum atomic E-state index is 6.18. The fourth-order valence-electron chi connectivity index (χ4n) is 1.96. The van der Waals surface area contributed by atoms with E-state index in [4.69, 9.17) is 54.0 Å². The van der Waals surface area contributed by atoms with Crippen molar-refractivity contribution in [2.45, 2.75) is 19.1 Å². The predicted molar refractivity (Wildman–Crippen MR) is 99.6 cm³/mol. The van der Waals surface area contributed by atoms with E-state index in [9.17, 15) is 0 Å². The Bertz CT molecular complexity index is 585. The van der Waals surface area contributed by atoms with E-state index in [1.807, 2.05) is 0 Å². The molecule has 0 aliphatic heterocycles. The van der Waals surface area contributed by atoms with Gasteiger partial charge in [0.1, 0.15) is 11.5 Å². The fourth-order valence-corrected chi connectivity index (χ4v) is 5.27. The van der Waals surface area contributed by atoms with E-state index in [2.05, 4.69) is 13.8 Å². The molecule has 0 amide bonds. The molecule has 23 heavy (non-hydrogen) atoms. The zero-order valence-electron chi connectivity index (χ0n) is 12.7. The van der Waals surface area contributed by atoms with E-state index in [1.165, 1.54) is 0 Å². The van der Waals surface area contributed by atoms with Crippen LogP contribution in [-0.2, 0) is 0 Å². The summed E-state index contributed by atoms with van der Waals surface area (Å²) in [4.78, 5) is 0. The SMILES string of the molecule is CC(C)[CH2][Al]([O]c1c(Cl)cccc1Cl)[O]c1c(Cl)cccc1Cl. The van der Waals surface area contributed by atoms with Gasteiger partial charge < -0.3 is 7.58 Å². The van der Waals surface area contributed by atoms with Gasteiger partial charge in [0, 0.05) is 0 Å². The maximum Gasteiger partial charge on any atom is 0.857 e. The summed E-state index contributed by atoms with van der Waals surface area (Å²) in [7, 11) is 0. The van der Waals surface area contributed by atoms with E-state index >= 15 is 0 Å². The molecule has 0 aliphatic rings. The summed E-state index contributed by atoms with van der Waals surface area (Å²) < 4.78 is 12.1. The summed E-state index contributed by atoms with van der Waals surface area (Å²) in [6, 6.07) is 10.4. The molecule has 0 saturated carbocycles. The Kier molecular flexibility index (Phi) is 7.23. The van der Waals surface area contributed by atoms with Crippen molar-refractivity contribution in [3.63, 3.8) is 0 Å². The Hall–Kier alpha value is -0.268. The van der Waals surface area contributed by atoms with Crippen molar-refractivity contribution >= 4 is 61.2 Å². The molecule has 0 N–H and O–H groups in total. The zero-order chi connectivity index (χ0) is 17.0. The summed E-state index contributed by atoms with van der Waals surface area (Å²) in [6.07, 6.45) is 0. The largest absolute Gasteiger partial charge is 0.857 e. The van der Waals surface area contributed by atoms with Crippen LogP contribution in [0.1, 0.15) is 13.8 Å². The standard InChI is InChI=1S/2C6H4Cl2O.C4H9.Al/c2*7-4-2-1-3-5(8)6(4)9;1-4(2)3;/h2*1-3,9H;4H,1H2,2-3H3;/q;;;+2/p-2. The minimum Gasteiger partial charge on any atom is -0.610 e. The van der Waals surface area contributed by atoms with Gasteiger partial charge in [0.05, 0.1) is 20.1 Å². The van der Waals surface area contributed by atoms with Crippen LogP contribution in [0.3, 0.4) is 0 Å². The number of para-hydroxylation sites is 2. The van der Waals surface area contributed by atoms with Gasteiger partial charge in [-0.3, -0.25) is 0 Å². The van der Waals surface area contributed by atoms with Crippen LogP contribution in [0.2, 0.25) is 25.4 Å². The summed E-state index contributed by atoms with van der Waals surface area (Å²) in [5.41, 5.74) is 0. The zero-order valence-corrected chi connectivity index (χ0v) is 16.8. The van der Waals surface area contributed by atoms with E-state index in [1.54, 1.807) is 36.4 Å². The van der Waals surface area contributed by atoms with Crippen LogP contribution in [0, 0.1) is 5.92 Å². The third kappa shape index (κ3) is 5.36. The molecule has 0 aliphatic carbocycles. The van der Waals surface area contributed by atoms with Gasteiger partial charge in [-0.05, 0) is 29.5 Å². The van der Waals surface area contributed by atoms with E-state index in [-0.39, 0.29) is 0 Å². The number of hydrogen-bond acceptors (Lipinski definition) is 2. The molecular weight excluding hydrogens is 393 g/mol. The van der Waals surface area contributed by atoms with E-state index in [0.717, 1.165) is 5.28 Å². The molecule has 0 spiro atoms. The summed E-state index contributed by atoms with van der Waals surface area (Å²) in [6.45, 7) is 4.18. The average molecular weight is 408 g/mol. The number of hydrogen-bond donors (Lipinski definition) is 0. The van der Waals surface area contributed by atoms with Crippen molar-refractivity contribution in [2.24, 2.45) is 5.92 Å². The minimum absolute atomic E-state index is 0.384. The lowest BCUT2D eigenvalue weighted by Crippen LogP contribution is -2.31. The summed E-state index contributed by atoms with van der Waals surface area (Å²) in [5, 5.41) is 2.56. The van der Waals surface area contributed by atoms with Crippen molar-refractivity contribution in [2.75, 3.05) is 0 Å². The molecule has 2 aromatic carbocycles. The van der Waals surface area contributed by atoms with Gasteiger partial charge in [-0.2, -0.15) is 0 Å². The van der Waals surface area contributed by atoms with Crippen LogP contribution in [0.25, 0.3) is 0 Å². The molecule has 0 radical (unpaired) electrons. The Morgan fingerprint density at radius 1 is 0.783 bits per heavy atom. The Morgan fingerprint density at radius 3 is 1.43 bits per heavy atom. The highest BCUT2D eigenvalue weighted by Gasteiger charge is 2.36. The van der Waals surface area contributed by atoms with Crippen LogP contribution in [0.5, 0.6) is 11.5 Å². The molecule has 2 rings (SSSR count). The quantitative estimate of drug-likeness (QED) is 0.484. The van der Waals surface area contributed by atoms with Gasteiger partial charge in [0.25, 0.3) is 0 Å². The first-order valence-electron chi connectivity index (χ1n) is 7.09. The minimum atomic E-state index is -2.19. The van der Waals surface area contributed by atoms with Crippen molar-refractivity contribution < 1.29 is 7.58 Å². The molecule has 0 heterocycles. The second-order valence-corrected chi connectivity index (χ2v) is 8.83. The van der Waals surface area contributed by atoms with Crippen molar-refractivity contribution in [1.29, 1.82) is 0 Å². The molecule has 0 fully saturated rings. The normalized spacial score (nSPS) is 10.7. The number of rotatable bonds is 6. The molecule has 0 unspecified atom stereocenters. The number of halogens is 4. The Balaban J connectivity index is 2.27. The van der Waals surface area contributed by atoms with Gasteiger partial charge in [-0.1, -0.05) is 78.3 Å². The first-order valence-corrected chi connectivity index (χ1v) is 10.4. The fraction of sp³-hybridized carbons (Fsp3) is 0.250. The molecule has 0 saturated heterocycles. The first kappa shape index (κ1) is 19.1. The third-order valence-electron chi connectivity index (χ3n) is 3.00. The highest BCUT2D eigenvalue weighted by Crippen LogP contribution is 2.36. The van der Waals surface area contributed by atoms with Gasteiger partial charge in [-0.25, -0.2) is 0 Å². The maximum absolute atomic E-state index is 6.18. The second kappa shape index (κ2) is 8.72. The van der Waals surface area contributed by atoms with Gasteiger partial charge in [-0.15, -0.1) is 0 Å². The average Bonchev–Trinajstić information content (AvgIpc) is 2.46. The topological polar surface area (TPSA) is 18.5 Å². The molecule has 0 bridgehead atoms. The van der Waals surface area contributed by atoms with E-state index < -0.39 is 14.8 Å². The molecule has 0 atom stereocenters. The molecule has 7 heteroatoms. The highest BCUT2D eigenvalue weighted by atomic mass is 35.5. The Labute approximate surface area is 161 Å². The van der Waals surface area contributed by atoms with Gasteiger partial charge >= 0.3 is 14.8 Å². The van der Waals surface area contributed by atoms with Crippen LogP contribution < -0.4 is 7.58 Å². The van der Waals surface area contributed by atoms with Crippen molar-refractivity contribution in [1.82, 2.24) is 0 Å². The van der Waals surface area contributed by atoms with Gasteiger partial charge in [0.2, 0.25) is 0 Å². The summed E-state index contributed by atoms with van der Waals surface area (Å²) in [5.74, 6) is 1.27. The Morgan fingerprint density at radius 2 is 1.13 bits per heavy atom. The summed E-state index contributed by atoms with van der Waals surface area (Å²) >= 11 is 22.5.